The Morgan fingerprint density at radius 1 is 1.29 bits per heavy atom. The van der Waals surface area contributed by atoms with Crippen LogP contribution in [0.3, 0.4) is 0 Å². The van der Waals surface area contributed by atoms with Crippen LogP contribution in [0, 0.1) is 0 Å². The third-order valence-electron chi connectivity index (χ3n) is 3.46. The van der Waals surface area contributed by atoms with Crippen molar-refractivity contribution in [3.05, 3.63) is 52.3 Å². The van der Waals surface area contributed by atoms with Crippen LogP contribution in [0.5, 0.6) is 11.5 Å². The van der Waals surface area contributed by atoms with Gasteiger partial charge in [-0.1, -0.05) is 13.0 Å². The molecule has 1 aromatic carbocycles. The number of methoxy groups -OCH3 is 1. The van der Waals surface area contributed by atoms with Crippen molar-refractivity contribution in [3.63, 3.8) is 0 Å². The van der Waals surface area contributed by atoms with Crippen LogP contribution in [-0.2, 0) is 0 Å². The fourth-order valence-corrected chi connectivity index (χ4v) is 2.55. The Morgan fingerprint density at radius 2 is 2.08 bits per heavy atom. The predicted molar refractivity (Wildman–Crippen MR) is 96.6 cm³/mol. The molecule has 1 unspecified atom stereocenters. The molecule has 6 heteroatoms. The fourth-order valence-electron chi connectivity index (χ4n) is 2.18. The zero-order valence-electron chi connectivity index (χ0n) is 14.0. The lowest BCUT2D eigenvalue weighted by Gasteiger charge is -2.17. The summed E-state index contributed by atoms with van der Waals surface area (Å²) in [6.45, 7) is 4.61. The molecule has 1 N–H and O–H groups in total. The third kappa shape index (κ3) is 4.71. The normalized spacial score (nSPS) is 11.7. The van der Waals surface area contributed by atoms with E-state index in [4.69, 9.17) is 9.47 Å². The van der Waals surface area contributed by atoms with Gasteiger partial charge in [-0.25, -0.2) is 0 Å². The molecule has 128 valence electrons. The van der Waals surface area contributed by atoms with E-state index in [-0.39, 0.29) is 11.9 Å². The molecule has 0 saturated heterocycles. The summed E-state index contributed by atoms with van der Waals surface area (Å²) in [6.07, 6.45) is 4.10. The SMILES string of the molecule is CCCOc1ccc(C(C)NC(=O)c2cncc(Br)c2)cc1OC. The van der Waals surface area contributed by atoms with Gasteiger partial charge in [-0.2, -0.15) is 0 Å². The number of aromatic nitrogens is 1. The van der Waals surface area contributed by atoms with Crippen molar-refractivity contribution < 1.29 is 14.3 Å². The van der Waals surface area contributed by atoms with Crippen LogP contribution >= 0.6 is 15.9 Å². The topological polar surface area (TPSA) is 60.5 Å². The molecular formula is C18H21BrN2O3. The first-order chi connectivity index (χ1) is 11.5. The van der Waals surface area contributed by atoms with Gasteiger partial charge in [-0.15, -0.1) is 0 Å². The van der Waals surface area contributed by atoms with E-state index in [9.17, 15) is 4.79 Å². The highest BCUT2D eigenvalue weighted by Crippen LogP contribution is 2.30. The molecule has 2 aromatic rings. The van der Waals surface area contributed by atoms with Crippen molar-refractivity contribution in [1.82, 2.24) is 10.3 Å². The molecule has 24 heavy (non-hydrogen) atoms. The smallest absolute Gasteiger partial charge is 0.253 e. The van der Waals surface area contributed by atoms with Crippen LogP contribution in [0.1, 0.15) is 42.2 Å². The Balaban J connectivity index is 2.11. The first-order valence-electron chi connectivity index (χ1n) is 7.77. The fraction of sp³-hybridized carbons (Fsp3) is 0.333. The molecule has 0 spiro atoms. The summed E-state index contributed by atoms with van der Waals surface area (Å²) in [4.78, 5) is 16.3. The number of halogens is 1. The third-order valence-corrected chi connectivity index (χ3v) is 3.90. The van der Waals surface area contributed by atoms with Gasteiger partial charge in [-0.05, 0) is 53.0 Å². The molecule has 0 radical (unpaired) electrons. The Bertz CT molecular complexity index is 706. The van der Waals surface area contributed by atoms with E-state index < -0.39 is 0 Å². The van der Waals surface area contributed by atoms with Gasteiger partial charge >= 0.3 is 0 Å². The number of hydrogen-bond donors (Lipinski definition) is 1. The molecule has 1 heterocycles. The minimum absolute atomic E-state index is 0.175. The quantitative estimate of drug-likeness (QED) is 0.769. The number of nitrogens with one attached hydrogen (secondary N) is 1. The number of benzene rings is 1. The van der Waals surface area contributed by atoms with Gasteiger partial charge in [-0.3, -0.25) is 9.78 Å². The van der Waals surface area contributed by atoms with Crippen molar-refractivity contribution in [3.8, 4) is 11.5 Å². The predicted octanol–water partition coefficient (Wildman–Crippen LogP) is 4.13. The number of amides is 1. The van der Waals surface area contributed by atoms with E-state index >= 15 is 0 Å². The van der Waals surface area contributed by atoms with Crippen molar-refractivity contribution in [2.45, 2.75) is 26.3 Å². The maximum atomic E-state index is 12.3. The summed E-state index contributed by atoms with van der Waals surface area (Å²) in [5.74, 6) is 1.19. The molecule has 0 aliphatic rings. The molecule has 0 saturated carbocycles. The van der Waals surface area contributed by atoms with Crippen molar-refractivity contribution in [2.75, 3.05) is 13.7 Å². The van der Waals surface area contributed by atoms with Gasteiger partial charge < -0.3 is 14.8 Å². The highest BCUT2D eigenvalue weighted by molar-refractivity contribution is 9.10. The first kappa shape index (κ1) is 18.3. The first-order valence-corrected chi connectivity index (χ1v) is 8.56. The van der Waals surface area contributed by atoms with Gasteiger partial charge in [0.1, 0.15) is 0 Å². The second kappa shape index (κ2) is 8.68. The molecule has 0 aliphatic heterocycles. The maximum Gasteiger partial charge on any atom is 0.253 e. The van der Waals surface area contributed by atoms with Gasteiger partial charge in [0.05, 0.1) is 25.3 Å². The lowest BCUT2D eigenvalue weighted by molar-refractivity contribution is 0.0939. The van der Waals surface area contributed by atoms with Crippen LogP contribution < -0.4 is 14.8 Å². The number of ether oxygens (including phenoxy) is 2. The zero-order chi connectivity index (χ0) is 17.5. The minimum atomic E-state index is -0.179. The van der Waals surface area contributed by atoms with Crippen LogP contribution in [0.2, 0.25) is 0 Å². The zero-order valence-corrected chi connectivity index (χ0v) is 15.6. The largest absolute Gasteiger partial charge is 0.493 e. The van der Waals surface area contributed by atoms with Gasteiger partial charge in [0, 0.05) is 16.9 Å². The number of hydrogen-bond acceptors (Lipinski definition) is 4. The Hall–Kier alpha value is -2.08. The van der Waals surface area contributed by atoms with E-state index in [1.54, 1.807) is 19.4 Å². The average Bonchev–Trinajstić information content (AvgIpc) is 2.59. The van der Waals surface area contributed by atoms with Gasteiger partial charge in [0.15, 0.2) is 11.5 Å². The van der Waals surface area contributed by atoms with Crippen molar-refractivity contribution >= 4 is 21.8 Å². The van der Waals surface area contributed by atoms with E-state index in [1.165, 1.54) is 6.20 Å². The molecule has 1 aromatic heterocycles. The van der Waals surface area contributed by atoms with Gasteiger partial charge in [0.25, 0.3) is 5.91 Å². The number of pyridine rings is 1. The summed E-state index contributed by atoms with van der Waals surface area (Å²) in [6, 6.07) is 7.24. The average molecular weight is 393 g/mol. The van der Waals surface area contributed by atoms with Crippen LogP contribution in [0.15, 0.2) is 41.1 Å². The highest BCUT2D eigenvalue weighted by Gasteiger charge is 2.14. The van der Waals surface area contributed by atoms with Crippen molar-refractivity contribution in [2.24, 2.45) is 0 Å². The van der Waals surface area contributed by atoms with E-state index in [2.05, 4.69) is 33.2 Å². The number of rotatable bonds is 7. The Labute approximate surface area is 150 Å². The highest BCUT2D eigenvalue weighted by atomic mass is 79.9. The summed E-state index contributed by atoms with van der Waals surface area (Å²) >= 11 is 3.32. The number of nitrogens with zero attached hydrogens (tertiary/aromatic N) is 1. The van der Waals surface area contributed by atoms with E-state index in [0.717, 1.165) is 16.5 Å². The molecular weight excluding hydrogens is 372 g/mol. The van der Waals surface area contributed by atoms with Crippen LogP contribution in [-0.4, -0.2) is 24.6 Å². The molecule has 5 nitrogen and oxygen atoms in total. The second-order valence-electron chi connectivity index (χ2n) is 5.35. The lowest BCUT2D eigenvalue weighted by atomic mass is 10.1. The van der Waals surface area contributed by atoms with Gasteiger partial charge in [0.2, 0.25) is 0 Å². The summed E-state index contributed by atoms with van der Waals surface area (Å²) in [7, 11) is 1.61. The Kier molecular flexibility index (Phi) is 6.61. The summed E-state index contributed by atoms with van der Waals surface area (Å²) in [5, 5.41) is 2.96. The van der Waals surface area contributed by atoms with E-state index in [0.29, 0.717) is 23.7 Å². The second-order valence-corrected chi connectivity index (χ2v) is 6.26. The molecule has 1 amide bonds. The standard InChI is InChI=1S/C18H21BrN2O3/c1-4-7-24-16-6-5-13(9-17(16)23-3)12(2)21-18(22)14-8-15(19)11-20-10-14/h5-6,8-12H,4,7H2,1-3H3,(H,21,22). The van der Waals surface area contributed by atoms with E-state index in [1.807, 2.05) is 25.1 Å². The van der Waals surface area contributed by atoms with Crippen molar-refractivity contribution in [1.29, 1.82) is 0 Å². The molecule has 0 bridgehead atoms. The molecule has 1 atom stereocenters. The summed E-state index contributed by atoms with van der Waals surface area (Å²) < 4.78 is 11.8. The monoisotopic (exact) mass is 392 g/mol. The van der Waals surface area contributed by atoms with Crippen LogP contribution in [0.4, 0.5) is 0 Å². The lowest BCUT2D eigenvalue weighted by Crippen LogP contribution is -2.26. The molecule has 2 rings (SSSR count). The van der Waals surface area contributed by atoms with Crippen LogP contribution in [0.25, 0.3) is 0 Å². The minimum Gasteiger partial charge on any atom is -0.493 e. The summed E-state index contributed by atoms with van der Waals surface area (Å²) in [5.41, 5.74) is 1.44. The molecule has 0 fully saturated rings. The number of carbonyl (C=O) groups is 1. The maximum absolute atomic E-state index is 12.3. The molecule has 0 aliphatic carbocycles. The number of carbonyl (C=O) groups excluding carboxylic acids is 1. The Morgan fingerprint density at radius 3 is 2.75 bits per heavy atom.